The Morgan fingerprint density at radius 1 is 1.56 bits per heavy atom. The first-order valence-corrected chi connectivity index (χ1v) is 8.04. The van der Waals surface area contributed by atoms with Gasteiger partial charge in [0.15, 0.2) is 0 Å². The number of aromatic nitrogens is 1. The van der Waals surface area contributed by atoms with E-state index in [0.29, 0.717) is 5.75 Å². The normalized spacial score (nSPS) is 15.3. The van der Waals surface area contributed by atoms with Gasteiger partial charge in [-0.25, -0.2) is 13.1 Å². The van der Waals surface area contributed by atoms with Gasteiger partial charge in [0, 0.05) is 30.8 Å². The van der Waals surface area contributed by atoms with Crippen LogP contribution >= 0.6 is 11.8 Å². The van der Waals surface area contributed by atoms with E-state index < -0.39 is 21.1 Å². The molecule has 0 spiro atoms. The first kappa shape index (κ1) is 15.2. The van der Waals surface area contributed by atoms with Gasteiger partial charge in [0.25, 0.3) is 0 Å². The molecule has 0 fully saturated rings. The van der Waals surface area contributed by atoms with Crippen LogP contribution in [0.4, 0.5) is 0 Å². The second-order valence-corrected chi connectivity index (χ2v) is 6.73. The molecule has 0 aliphatic heterocycles. The van der Waals surface area contributed by atoms with Crippen molar-refractivity contribution in [3.63, 3.8) is 0 Å². The fourth-order valence-electron chi connectivity index (χ4n) is 1.30. The summed E-state index contributed by atoms with van der Waals surface area (Å²) in [4.78, 5) is 13.6. The van der Waals surface area contributed by atoms with Gasteiger partial charge < -0.3 is 10.1 Å². The van der Waals surface area contributed by atoms with Crippen LogP contribution in [0, 0.1) is 0 Å². The summed E-state index contributed by atoms with van der Waals surface area (Å²) < 4.78 is 25.9. The molecule has 0 saturated carbocycles. The Labute approximate surface area is 110 Å². The number of aliphatic hydroxyl groups is 1. The maximum absolute atomic E-state index is 11.9. The van der Waals surface area contributed by atoms with E-state index >= 15 is 0 Å². The van der Waals surface area contributed by atoms with E-state index in [9.17, 15) is 18.3 Å². The fourth-order valence-corrected chi connectivity index (χ4v) is 3.24. The Hall–Kier alpha value is -0.830. The number of sulfonamides is 1. The first-order valence-electron chi connectivity index (χ1n) is 5.16. The molecule has 0 bridgehead atoms. The second-order valence-electron chi connectivity index (χ2n) is 4.13. The van der Waals surface area contributed by atoms with E-state index in [1.165, 1.54) is 24.9 Å². The molecular formula is C10H16N2O4S2. The molecule has 0 aliphatic carbocycles. The quantitative estimate of drug-likeness (QED) is 0.672. The highest BCUT2D eigenvalue weighted by atomic mass is 32.2. The highest BCUT2D eigenvalue weighted by molar-refractivity contribution is 7.98. The van der Waals surface area contributed by atoms with Crippen LogP contribution in [0.25, 0.3) is 0 Å². The van der Waals surface area contributed by atoms with Crippen LogP contribution in [-0.2, 0) is 10.0 Å². The summed E-state index contributed by atoms with van der Waals surface area (Å²) in [5, 5.41) is 9.86. The van der Waals surface area contributed by atoms with Crippen molar-refractivity contribution in [1.29, 1.82) is 0 Å². The average Bonchev–Trinajstić information content (AvgIpc) is 2.27. The van der Waals surface area contributed by atoms with E-state index in [1.807, 2.05) is 6.26 Å². The minimum atomic E-state index is -3.91. The lowest BCUT2D eigenvalue weighted by Crippen LogP contribution is -2.43. The number of aromatic amines is 1. The summed E-state index contributed by atoms with van der Waals surface area (Å²) in [5.41, 5.74) is -1.75. The van der Waals surface area contributed by atoms with Crippen molar-refractivity contribution in [1.82, 2.24) is 9.71 Å². The Balaban J connectivity index is 2.85. The third-order valence-corrected chi connectivity index (χ3v) is 4.51. The first-order chi connectivity index (χ1) is 8.28. The van der Waals surface area contributed by atoms with Crippen molar-refractivity contribution in [2.75, 3.05) is 18.6 Å². The molecule has 0 radical (unpaired) electrons. The molecule has 1 aromatic rings. The predicted molar refractivity (Wildman–Crippen MR) is 71.3 cm³/mol. The number of nitrogens with one attached hydrogen (secondary N) is 2. The van der Waals surface area contributed by atoms with Crippen molar-refractivity contribution in [3.05, 3.63) is 28.7 Å². The second kappa shape index (κ2) is 5.87. The maximum atomic E-state index is 11.9. The molecule has 6 nitrogen and oxygen atoms in total. The van der Waals surface area contributed by atoms with Gasteiger partial charge in [-0.2, -0.15) is 11.8 Å². The van der Waals surface area contributed by atoms with Crippen molar-refractivity contribution in [2.24, 2.45) is 0 Å². The van der Waals surface area contributed by atoms with Gasteiger partial charge in [0.05, 0.1) is 5.60 Å². The van der Waals surface area contributed by atoms with Gasteiger partial charge in [0.2, 0.25) is 15.5 Å². The molecule has 0 saturated heterocycles. The number of hydrogen-bond donors (Lipinski definition) is 3. The molecule has 0 amide bonds. The maximum Gasteiger partial charge on any atom is 0.246 e. The van der Waals surface area contributed by atoms with Crippen molar-refractivity contribution >= 4 is 21.8 Å². The number of pyridine rings is 1. The van der Waals surface area contributed by atoms with E-state index in [0.717, 1.165) is 12.3 Å². The molecule has 0 aliphatic rings. The van der Waals surface area contributed by atoms with Gasteiger partial charge in [0.1, 0.15) is 4.90 Å². The Morgan fingerprint density at radius 3 is 2.78 bits per heavy atom. The molecule has 18 heavy (non-hydrogen) atoms. The highest BCUT2D eigenvalue weighted by Gasteiger charge is 2.24. The lowest BCUT2D eigenvalue weighted by Gasteiger charge is -2.22. The molecule has 1 rings (SSSR count). The van der Waals surface area contributed by atoms with E-state index in [2.05, 4.69) is 9.71 Å². The van der Waals surface area contributed by atoms with Crippen LogP contribution in [0.5, 0.6) is 0 Å². The number of hydrogen-bond acceptors (Lipinski definition) is 5. The van der Waals surface area contributed by atoms with Gasteiger partial charge in [-0.1, -0.05) is 0 Å². The molecule has 1 heterocycles. The Bertz CT molecular complexity index is 551. The Morgan fingerprint density at radius 2 is 2.22 bits per heavy atom. The molecule has 1 aromatic heterocycles. The molecule has 1 atom stereocenters. The topological polar surface area (TPSA) is 99.3 Å². The SMILES string of the molecule is CSCC(C)(O)CNS(=O)(=O)c1c[nH]ccc1=O. The van der Waals surface area contributed by atoms with Crippen molar-refractivity contribution < 1.29 is 13.5 Å². The largest absolute Gasteiger partial charge is 0.388 e. The summed E-state index contributed by atoms with van der Waals surface area (Å²) >= 11 is 1.41. The van der Waals surface area contributed by atoms with Crippen LogP contribution in [0.15, 0.2) is 28.2 Å². The van der Waals surface area contributed by atoms with Gasteiger partial charge in [-0.15, -0.1) is 0 Å². The third-order valence-electron chi connectivity index (χ3n) is 2.18. The number of rotatable bonds is 6. The summed E-state index contributed by atoms with van der Waals surface area (Å²) in [7, 11) is -3.91. The molecule has 8 heteroatoms. The molecule has 1 unspecified atom stereocenters. The third kappa shape index (κ3) is 4.13. The van der Waals surface area contributed by atoms with Crippen LogP contribution < -0.4 is 10.2 Å². The van der Waals surface area contributed by atoms with Crippen LogP contribution in [0.2, 0.25) is 0 Å². The summed E-state index contributed by atoms with van der Waals surface area (Å²) in [6.07, 6.45) is 4.28. The monoisotopic (exact) mass is 292 g/mol. The van der Waals surface area contributed by atoms with Crippen LogP contribution in [0.1, 0.15) is 6.92 Å². The van der Waals surface area contributed by atoms with E-state index in [-0.39, 0.29) is 11.4 Å². The van der Waals surface area contributed by atoms with E-state index in [1.54, 1.807) is 0 Å². The van der Waals surface area contributed by atoms with Gasteiger partial charge in [-0.3, -0.25) is 4.79 Å². The van der Waals surface area contributed by atoms with E-state index in [4.69, 9.17) is 0 Å². The minimum absolute atomic E-state index is 0.148. The minimum Gasteiger partial charge on any atom is -0.388 e. The van der Waals surface area contributed by atoms with Crippen molar-refractivity contribution in [2.45, 2.75) is 17.4 Å². The molecule has 102 valence electrons. The standard InChI is InChI=1S/C10H16N2O4S2/c1-10(14,7-17-2)6-12-18(15,16)9-5-11-4-3-8(9)13/h3-5,12,14H,6-7H2,1-2H3,(H,11,13). The van der Waals surface area contributed by atoms with Gasteiger partial charge in [-0.05, 0) is 13.2 Å². The molecule has 0 aromatic carbocycles. The molecular weight excluding hydrogens is 276 g/mol. The lowest BCUT2D eigenvalue weighted by molar-refractivity contribution is 0.0908. The lowest BCUT2D eigenvalue weighted by atomic mass is 10.1. The van der Waals surface area contributed by atoms with Crippen LogP contribution in [0.3, 0.4) is 0 Å². The average molecular weight is 292 g/mol. The zero-order valence-electron chi connectivity index (χ0n) is 10.1. The highest BCUT2D eigenvalue weighted by Crippen LogP contribution is 2.10. The fraction of sp³-hybridized carbons (Fsp3) is 0.500. The zero-order chi connectivity index (χ0) is 13.8. The smallest absolute Gasteiger partial charge is 0.246 e. The number of H-pyrrole nitrogens is 1. The summed E-state index contributed by atoms with van der Waals surface area (Å²) in [6, 6.07) is 1.13. The van der Waals surface area contributed by atoms with Gasteiger partial charge >= 0.3 is 0 Å². The van der Waals surface area contributed by atoms with Crippen LogP contribution in [-0.4, -0.2) is 42.7 Å². The predicted octanol–water partition coefficient (Wildman–Crippen LogP) is -0.233. The number of thioether (sulfide) groups is 1. The Kier molecular flexibility index (Phi) is 4.97. The summed E-state index contributed by atoms with van der Waals surface area (Å²) in [5.74, 6) is 0.390. The summed E-state index contributed by atoms with van der Waals surface area (Å²) in [6.45, 7) is 1.38. The zero-order valence-corrected chi connectivity index (χ0v) is 11.8. The van der Waals surface area contributed by atoms with Crippen molar-refractivity contribution in [3.8, 4) is 0 Å². The molecule has 3 N–H and O–H groups in total.